The summed E-state index contributed by atoms with van der Waals surface area (Å²) in [6.45, 7) is 2.76. The summed E-state index contributed by atoms with van der Waals surface area (Å²) in [7, 11) is 1.40. The van der Waals surface area contributed by atoms with Crippen LogP contribution in [-0.2, 0) is 0 Å². The van der Waals surface area contributed by atoms with Crippen molar-refractivity contribution in [2.24, 2.45) is 5.18 Å². The Morgan fingerprint density at radius 3 is 2.81 bits per heavy atom. The number of nitrogens with one attached hydrogen (secondary N) is 1. The lowest BCUT2D eigenvalue weighted by Crippen LogP contribution is -2.07. The van der Waals surface area contributed by atoms with E-state index in [-0.39, 0.29) is 17.5 Å². The normalized spacial score (nSPS) is 9.88. The van der Waals surface area contributed by atoms with Crippen molar-refractivity contribution in [1.29, 1.82) is 0 Å². The van der Waals surface area contributed by atoms with E-state index in [2.05, 4.69) is 27.4 Å². The number of nitrogen functional groups attached to an aromatic ring is 1. The zero-order chi connectivity index (χ0) is 12.0. The van der Waals surface area contributed by atoms with Gasteiger partial charge in [0, 0.05) is 6.54 Å². The lowest BCUT2D eigenvalue weighted by molar-refractivity contribution is 0.399. The highest BCUT2D eigenvalue weighted by atomic mass is 16.5. The number of anilines is 2. The molecule has 1 aromatic heterocycles. The standard InChI is InChI=1S/C9H15N5O2/c1-3-4-5-11-7-6(14-15)8(16-2)13-9(10)12-7/h3-5H2,1-2H3,(H3,10,11,12,13). The Kier molecular flexibility index (Phi) is 4.43. The summed E-state index contributed by atoms with van der Waals surface area (Å²) in [6.07, 6.45) is 2.00. The second-order valence-corrected chi connectivity index (χ2v) is 3.16. The summed E-state index contributed by atoms with van der Waals surface area (Å²) in [6, 6.07) is 0. The van der Waals surface area contributed by atoms with Gasteiger partial charge in [0.05, 0.1) is 7.11 Å². The summed E-state index contributed by atoms with van der Waals surface area (Å²) in [4.78, 5) is 18.3. The van der Waals surface area contributed by atoms with Gasteiger partial charge in [0.1, 0.15) is 0 Å². The number of aromatic nitrogens is 2. The predicted octanol–water partition coefficient (Wildman–Crippen LogP) is 1.68. The van der Waals surface area contributed by atoms with Gasteiger partial charge in [0.25, 0.3) is 5.88 Å². The monoisotopic (exact) mass is 225 g/mol. The van der Waals surface area contributed by atoms with Gasteiger partial charge >= 0.3 is 0 Å². The van der Waals surface area contributed by atoms with Crippen molar-refractivity contribution in [1.82, 2.24) is 9.97 Å². The summed E-state index contributed by atoms with van der Waals surface area (Å²) < 4.78 is 4.90. The minimum atomic E-state index is 0.0447. The molecule has 3 N–H and O–H groups in total. The summed E-state index contributed by atoms with van der Waals surface area (Å²) in [5.41, 5.74) is 5.53. The van der Waals surface area contributed by atoms with Gasteiger partial charge in [-0.1, -0.05) is 13.3 Å². The topological polar surface area (TPSA) is 102 Å². The van der Waals surface area contributed by atoms with Gasteiger partial charge in [-0.05, 0) is 11.6 Å². The number of nitrogens with two attached hydrogens (primary N) is 1. The fourth-order valence-electron chi connectivity index (χ4n) is 1.18. The summed E-state index contributed by atoms with van der Waals surface area (Å²) in [5.74, 6) is 0.442. The van der Waals surface area contributed by atoms with Crippen LogP contribution in [0.1, 0.15) is 19.8 Å². The Hall–Kier alpha value is -1.92. The molecule has 1 heterocycles. The Labute approximate surface area is 93.4 Å². The van der Waals surface area contributed by atoms with Crippen LogP contribution in [0.3, 0.4) is 0 Å². The van der Waals surface area contributed by atoms with Crippen LogP contribution in [0.5, 0.6) is 5.88 Å². The first kappa shape index (κ1) is 12.2. The molecule has 7 nitrogen and oxygen atoms in total. The van der Waals surface area contributed by atoms with E-state index in [1.807, 2.05) is 0 Å². The third kappa shape index (κ3) is 2.78. The molecule has 16 heavy (non-hydrogen) atoms. The highest BCUT2D eigenvalue weighted by Crippen LogP contribution is 2.32. The van der Waals surface area contributed by atoms with E-state index >= 15 is 0 Å². The van der Waals surface area contributed by atoms with E-state index in [9.17, 15) is 4.91 Å². The van der Waals surface area contributed by atoms with Gasteiger partial charge in [0.2, 0.25) is 11.6 Å². The van der Waals surface area contributed by atoms with Crippen molar-refractivity contribution in [2.75, 3.05) is 24.7 Å². The van der Waals surface area contributed by atoms with Gasteiger partial charge in [-0.2, -0.15) is 9.97 Å². The molecule has 0 aromatic carbocycles. The van der Waals surface area contributed by atoms with Crippen LogP contribution < -0.4 is 15.8 Å². The molecule has 7 heteroatoms. The molecule has 0 unspecified atom stereocenters. The molecule has 0 aliphatic heterocycles. The number of unbranched alkanes of at least 4 members (excludes halogenated alkanes) is 1. The average molecular weight is 225 g/mol. The second kappa shape index (κ2) is 5.84. The largest absolute Gasteiger partial charge is 0.479 e. The van der Waals surface area contributed by atoms with E-state index in [0.29, 0.717) is 12.4 Å². The van der Waals surface area contributed by atoms with Crippen LogP contribution in [0.15, 0.2) is 5.18 Å². The van der Waals surface area contributed by atoms with Crippen LogP contribution in [0.4, 0.5) is 17.5 Å². The number of hydrogen-bond donors (Lipinski definition) is 2. The van der Waals surface area contributed by atoms with E-state index in [0.717, 1.165) is 12.8 Å². The Bertz CT molecular complexity index is 369. The lowest BCUT2D eigenvalue weighted by Gasteiger charge is -2.09. The Balaban J connectivity index is 2.95. The van der Waals surface area contributed by atoms with Crippen LogP contribution in [0.2, 0.25) is 0 Å². The molecule has 0 atom stereocenters. The number of nitroso groups, excluding NO2 is 1. The van der Waals surface area contributed by atoms with Crippen molar-refractivity contribution in [3.63, 3.8) is 0 Å². The lowest BCUT2D eigenvalue weighted by atomic mass is 10.3. The van der Waals surface area contributed by atoms with E-state index in [1.165, 1.54) is 7.11 Å². The minimum Gasteiger partial charge on any atom is -0.479 e. The molecule has 0 aliphatic carbocycles. The first-order valence-electron chi connectivity index (χ1n) is 5.01. The first-order chi connectivity index (χ1) is 7.72. The molecular weight excluding hydrogens is 210 g/mol. The van der Waals surface area contributed by atoms with Crippen molar-refractivity contribution in [2.45, 2.75) is 19.8 Å². The fraction of sp³-hybridized carbons (Fsp3) is 0.556. The molecule has 1 aromatic rings. The van der Waals surface area contributed by atoms with Crippen molar-refractivity contribution in [3.05, 3.63) is 4.91 Å². The number of rotatable bonds is 6. The van der Waals surface area contributed by atoms with Gasteiger partial charge in [-0.15, -0.1) is 4.91 Å². The minimum absolute atomic E-state index is 0.0447. The van der Waals surface area contributed by atoms with Gasteiger partial charge in [-0.25, -0.2) is 0 Å². The van der Waals surface area contributed by atoms with Gasteiger partial charge in [-0.3, -0.25) is 0 Å². The molecule has 0 bridgehead atoms. The number of hydrogen-bond acceptors (Lipinski definition) is 7. The van der Waals surface area contributed by atoms with Crippen molar-refractivity contribution >= 4 is 17.5 Å². The summed E-state index contributed by atoms with van der Waals surface area (Å²) >= 11 is 0. The summed E-state index contributed by atoms with van der Waals surface area (Å²) in [5, 5.41) is 5.82. The average Bonchev–Trinajstić information content (AvgIpc) is 2.28. The fourth-order valence-corrected chi connectivity index (χ4v) is 1.18. The predicted molar refractivity (Wildman–Crippen MR) is 61.8 cm³/mol. The third-order valence-corrected chi connectivity index (χ3v) is 1.98. The smallest absolute Gasteiger partial charge is 0.250 e. The van der Waals surface area contributed by atoms with Gasteiger partial charge in [0.15, 0.2) is 5.82 Å². The zero-order valence-electron chi connectivity index (χ0n) is 9.36. The molecule has 0 saturated carbocycles. The maximum atomic E-state index is 10.7. The van der Waals surface area contributed by atoms with Crippen LogP contribution >= 0.6 is 0 Å². The molecule has 0 saturated heterocycles. The molecule has 88 valence electrons. The third-order valence-electron chi connectivity index (χ3n) is 1.98. The molecule has 1 rings (SSSR count). The van der Waals surface area contributed by atoms with Crippen LogP contribution in [0.25, 0.3) is 0 Å². The van der Waals surface area contributed by atoms with Crippen LogP contribution in [-0.4, -0.2) is 23.6 Å². The number of ether oxygens (including phenoxy) is 1. The Morgan fingerprint density at radius 2 is 2.25 bits per heavy atom. The van der Waals surface area contributed by atoms with Crippen LogP contribution in [0, 0.1) is 4.91 Å². The molecule has 0 radical (unpaired) electrons. The molecule has 0 fully saturated rings. The maximum absolute atomic E-state index is 10.7. The first-order valence-corrected chi connectivity index (χ1v) is 5.01. The van der Waals surface area contributed by atoms with Crippen molar-refractivity contribution < 1.29 is 4.74 Å². The van der Waals surface area contributed by atoms with Gasteiger partial charge < -0.3 is 15.8 Å². The molecule has 0 amide bonds. The number of nitrogens with zero attached hydrogens (tertiary/aromatic N) is 3. The highest BCUT2D eigenvalue weighted by Gasteiger charge is 2.14. The quantitative estimate of drug-likeness (QED) is 0.564. The van der Waals surface area contributed by atoms with E-state index in [4.69, 9.17) is 10.5 Å². The van der Waals surface area contributed by atoms with Crippen molar-refractivity contribution in [3.8, 4) is 5.88 Å². The van der Waals surface area contributed by atoms with E-state index < -0.39 is 0 Å². The Morgan fingerprint density at radius 1 is 1.50 bits per heavy atom. The zero-order valence-corrected chi connectivity index (χ0v) is 9.36. The molecule has 0 aliphatic rings. The molecular formula is C9H15N5O2. The maximum Gasteiger partial charge on any atom is 0.250 e. The van der Waals surface area contributed by atoms with E-state index in [1.54, 1.807) is 0 Å². The number of methoxy groups -OCH3 is 1. The SMILES string of the molecule is CCCCNc1nc(N)nc(OC)c1N=O. The highest BCUT2D eigenvalue weighted by molar-refractivity contribution is 5.67. The molecule has 0 spiro atoms. The second-order valence-electron chi connectivity index (χ2n) is 3.16.